The molecule has 63 heavy (non-hydrogen) atoms. The molecule has 3 saturated carbocycles. The van der Waals surface area contributed by atoms with Gasteiger partial charge in [0.25, 0.3) is 0 Å². The van der Waals surface area contributed by atoms with E-state index in [1.807, 2.05) is 0 Å². The maximum Gasteiger partial charge on any atom is 0.333 e. The molecule has 0 aromatic rings. The van der Waals surface area contributed by atoms with E-state index in [0.717, 1.165) is 25.7 Å². The molecule has 3 fully saturated rings. The molecule has 0 aromatic carbocycles. The highest BCUT2D eigenvalue weighted by Gasteiger charge is 2.31. The van der Waals surface area contributed by atoms with Crippen molar-refractivity contribution in [1.29, 1.82) is 0 Å². The Kier molecular flexibility index (Phi) is 46.9. The number of aliphatic carboxylic acids is 1. The Bertz CT molecular complexity index is 895. The number of carboxylic acids is 1. The summed E-state index contributed by atoms with van der Waals surface area (Å²) in [5.74, 6) is -1.28. The summed E-state index contributed by atoms with van der Waals surface area (Å²) in [5.41, 5.74) is -1.86. The zero-order chi connectivity index (χ0) is 48.1. The third-order valence-electron chi connectivity index (χ3n) is 12.2. The van der Waals surface area contributed by atoms with E-state index in [9.17, 15) is 14.7 Å². The quantitative estimate of drug-likeness (QED) is 0.0624. The van der Waals surface area contributed by atoms with E-state index in [2.05, 4.69) is 13.2 Å². The monoisotopic (exact) mass is 907 g/mol. The molecule has 0 aliphatic heterocycles. The second-order valence-electron chi connectivity index (χ2n) is 18.4. The minimum Gasteiger partial charge on any atom is -0.478 e. The lowest BCUT2D eigenvalue weighted by Gasteiger charge is -2.32. The molecule has 0 heterocycles. The largest absolute Gasteiger partial charge is 0.478 e. The highest BCUT2D eigenvalue weighted by Crippen LogP contribution is 2.33. The summed E-state index contributed by atoms with van der Waals surface area (Å²) in [4.78, 5) is 21.1. The number of rotatable bonds is 13. The first-order chi connectivity index (χ1) is 30.2. The van der Waals surface area contributed by atoms with Gasteiger partial charge in [-0.05, 0) is 26.7 Å². The number of ether oxygens (including phenoxy) is 1. The molecule has 3 rings (SSSR count). The molecule has 3 aliphatic carbocycles. The first-order valence-electron chi connectivity index (χ1n) is 24.4. The Hall–Kier alpha value is -1.94. The van der Waals surface area contributed by atoms with Crippen LogP contribution in [-0.2, 0) is 14.3 Å². The fourth-order valence-corrected chi connectivity index (χ4v) is 6.83. The van der Waals surface area contributed by atoms with Crippen molar-refractivity contribution in [2.45, 2.75) is 200 Å². The van der Waals surface area contributed by atoms with Gasteiger partial charge in [-0.25, -0.2) is 9.59 Å². The van der Waals surface area contributed by atoms with Crippen LogP contribution in [0.5, 0.6) is 0 Å². The normalized spacial score (nSPS) is 18.0. The molecule has 3 aliphatic rings. The van der Waals surface area contributed by atoms with E-state index in [1.165, 1.54) is 167 Å². The standard InChI is InChI=1S/C16H28O3.2C10H20.2C5H12O4.C4H6O2/c1-14(2)15(18)19-13-16(12-17)10-8-6-4-3-5-7-9-11-16;2*1-2-4-6-8-10-9-7-5-3-1;2*6-1-5(2-7,3-8)4-9;1-3(2)4(5)6/h17H,1,3-13H2,2H3;2*1-10H2;2*6-9H,1-4H2;1H2,2H3,(H,5,6). The van der Waals surface area contributed by atoms with Gasteiger partial charge in [0.15, 0.2) is 0 Å². The number of esters is 1. The van der Waals surface area contributed by atoms with Crippen molar-refractivity contribution in [3.8, 4) is 0 Å². The number of carbonyl (C=O) groups excluding carboxylic acids is 1. The third kappa shape index (κ3) is 37.9. The predicted octanol–water partition coefficient (Wildman–Crippen LogP) is 7.94. The molecule has 10 N–H and O–H groups in total. The van der Waals surface area contributed by atoms with Crippen molar-refractivity contribution in [3.63, 3.8) is 0 Å². The Morgan fingerprint density at radius 1 is 0.413 bits per heavy atom. The molecule has 0 amide bonds. The maximum absolute atomic E-state index is 11.5. The maximum atomic E-state index is 11.5. The number of carbonyl (C=O) groups is 2. The van der Waals surface area contributed by atoms with Crippen LogP contribution in [0.15, 0.2) is 24.3 Å². The molecule has 0 unspecified atom stereocenters. The van der Waals surface area contributed by atoms with Gasteiger partial charge in [-0.3, -0.25) is 0 Å². The van der Waals surface area contributed by atoms with Crippen LogP contribution < -0.4 is 0 Å². The SMILES string of the molecule is C1CCCCCCCCC1.C1CCCCCCCCC1.C=C(C)C(=O)O.C=C(C)C(=O)OCC1(CO)CCCCCCCCC1.OCC(CO)(CO)CO.OCC(CO)(CO)CO. The Balaban J connectivity index is -0.000000716. The fraction of sp³-hybridized carbons (Fsp3) is 0.880. The van der Waals surface area contributed by atoms with Crippen molar-refractivity contribution in [1.82, 2.24) is 0 Å². The van der Waals surface area contributed by atoms with Crippen molar-refractivity contribution in [3.05, 3.63) is 24.3 Å². The molecule has 0 saturated heterocycles. The second kappa shape index (κ2) is 45.2. The average molecular weight is 907 g/mol. The minimum atomic E-state index is -1.11. The smallest absolute Gasteiger partial charge is 0.333 e. The summed E-state index contributed by atoms with van der Waals surface area (Å²) >= 11 is 0. The van der Waals surface area contributed by atoms with Crippen molar-refractivity contribution < 1.29 is 65.4 Å². The summed E-state index contributed by atoms with van der Waals surface area (Å²) in [7, 11) is 0. The van der Waals surface area contributed by atoms with Crippen LogP contribution in [0.2, 0.25) is 0 Å². The molecular weight excluding hydrogens is 809 g/mol. The molecule has 13 nitrogen and oxygen atoms in total. The summed E-state index contributed by atoms with van der Waals surface area (Å²) in [6.45, 7) is 7.03. The van der Waals surface area contributed by atoms with E-state index in [4.69, 9.17) is 50.7 Å². The summed E-state index contributed by atoms with van der Waals surface area (Å²) in [6.07, 6.45) is 40.5. The lowest BCUT2D eigenvalue weighted by atomic mass is 9.78. The lowest BCUT2D eigenvalue weighted by Crippen LogP contribution is -2.37. The van der Waals surface area contributed by atoms with Gasteiger partial charge in [-0.15, -0.1) is 0 Å². The van der Waals surface area contributed by atoms with Crippen LogP contribution in [0.3, 0.4) is 0 Å². The van der Waals surface area contributed by atoms with Gasteiger partial charge in [0.05, 0.1) is 76.9 Å². The second-order valence-corrected chi connectivity index (χ2v) is 18.4. The van der Waals surface area contributed by atoms with E-state index in [1.54, 1.807) is 6.92 Å². The van der Waals surface area contributed by atoms with Crippen molar-refractivity contribution in [2.24, 2.45) is 16.2 Å². The first kappa shape index (κ1) is 65.3. The number of aliphatic hydroxyl groups excluding tert-OH is 9. The van der Waals surface area contributed by atoms with Crippen LogP contribution in [0.1, 0.15) is 200 Å². The van der Waals surface area contributed by atoms with Crippen molar-refractivity contribution >= 4 is 11.9 Å². The van der Waals surface area contributed by atoms with Crippen LogP contribution >= 0.6 is 0 Å². The van der Waals surface area contributed by atoms with Crippen LogP contribution in [-0.4, -0.2) is 129 Å². The van der Waals surface area contributed by atoms with E-state index in [-0.39, 0.29) is 23.6 Å². The lowest BCUT2D eigenvalue weighted by molar-refractivity contribution is -0.144. The Morgan fingerprint density at radius 3 is 0.730 bits per heavy atom. The summed E-state index contributed by atoms with van der Waals surface area (Å²) in [5, 5.41) is 85.6. The number of carboxylic acid groups (broad SMARTS) is 1. The van der Waals surface area contributed by atoms with Gasteiger partial charge in [0, 0.05) is 16.6 Å². The molecule has 0 atom stereocenters. The van der Waals surface area contributed by atoms with Gasteiger partial charge in [0.1, 0.15) is 0 Å². The molecule has 376 valence electrons. The number of aliphatic hydroxyl groups is 9. The van der Waals surface area contributed by atoms with Gasteiger partial charge >= 0.3 is 11.9 Å². The Labute approximate surface area is 383 Å². The van der Waals surface area contributed by atoms with Gasteiger partial charge in [-0.1, -0.05) is 187 Å². The van der Waals surface area contributed by atoms with Crippen LogP contribution in [0.25, 0.3) is 0 Å². The van der Waals surface area contributed by atoms with Crippen LogP contribution in [0.4, 0.5) is 0 Å². The number of hydrogen-bond acceptors (Lipinski definition) is 12. The van der Waals surface area contributed by atoms with Gasteiger partial charge < -0.3 is 55.8 Å². The summed E-state index contributed by atoms with van der Waals surface area (Å²) in [6, 6.07) is 0. The summed E-state index contributed by atoms with van der Waals surface area (Å²) < 4.78 is 5.31. The van der Waals surface area contributed by atoms with E-state index in [0.29, 0.717) is 12.2 Å². The molecule has 0 radical (unpaired) electrons. The molecule has 0 aromatic heterocycles. The number of hydrogen-bond donors (Lipinski definition) is 10. The topological polar surface area (TPSA) is 246 Å². The first-order valence-corrected chi connectivity index (χ1v) is 24.4. The highest BCUT2D eigenvalue weighted by molar-refractivity contribution is 5.87. The molecular formula is C50H98O13. The zero-order valence-corrected chi connectivity index (χ0v) is 40.2. The highest BCUT2D eigenvalue weighted by atomic mass is 16.5. The van der Waals surface area contributed by atoms with Crippen molar-refractivity contribution in [2.75, 3.05) is 66.1 Å². The average Bonchev–Trinajstić information content (AvgIpc) is 3.31. The Morgan fingerprint density at radius 2 is 0.603 bits per heavy atom. The molecule has 0 spiro atoms. The molecule has 13 heteroatoms. The predicted molar refractivity (Wildman–Crippen MR) is 253 cm³/mol. The molecule has 0 bridgehead atoms. The van der Waals surface area contributed by atoms with Gasteiger partial charge in [-0.2, -0.15) is 0 Å². The van der Waals surface area contributed by atoms with E-state index < -0.39 is 69.7 Å². The zero-order valence-electron chi connectivity index (χ0n) is 40.2. The third-order valence-corrected chi connectivity index (χ3v) is 12.2. The minimum absolute atomic E-state index is 0.108. The fourth-order valence-electron chi connectivity index (χ4n) is 6.83. The van der Waals surface area contributed by atoms with E-state index >= 15 is 0 Å². The van der Waals surface area contributed by atoms with Crippen LogP contribution in [0, 0.1) is 16.2 Å². The van der Waals surface area contributed by atoms with Gasteiger partial charge in [0.2, 0.25) is 0 Å².